The molecule has 0 amide bonds. The molecular formula is C32H36N6O3. The molecule has 9 nitrogen and oxygen atoms in total. The first-order valence-electron chi connectivity index (χ1n) is 14.1. The molecule has 2 N–H and O–H groups in total. The minimum Gasteiger partial charge on any atom is -0.456 e. The molecular weight excluding hydrogens is 516 g/mol. The number of morpholine rings is 1. The number of anilines is 2. The summed E-state index contributed by atoms with van der Waals surface area (Å²) < 4.78 is 12.0. The van der Waals surface area contributed by atoms with Gasteiger partial charge in [-0.3, -0.25) is 14.8 Å². The van der Waals surface area contributed by atoms with E-state index in [1.54, 1.807) is 6.07 Å². The van der Waals surface area contributed by atoms with E-state index in [0.29, 0.717) is 13.2 Å². The molecule has 2 aliphatic heterocycles. The zero-order valence-electron chi connectivity index (χ0n) is 23.8. The lowest BCUT2D eigenvalue weighted by molar-refractivity contribution is 0.122. The summed E-state index contributed by atoms with van der Waals surface area (Å²) >= 11 is 0. The van der Waals surface area contributed by atoms with Crippen molar-refractivity contribution in [3.63, 3.8) is 0 Å². The lowest BCUT2D eigenvalue weighted by Crippen LogP contribution is -2.36. The van der Waals surface area contributed by atoms with Crippen LogP contribution in [-0.4, -0.2) is 66.8 Å². The maximum atomic E-state index is 12.6. The van der Waals surface area contributed by atoms with Gasteiger partial charge in [0, 0.05) is 54.3 Å². The van der Waals surface area contributed by atoms with Crippen LogP contribution in [0, 0.1) is 6.92 Å². The van der Waals surface area contributed by atoms with Gasteiger partial charge in [-0.2, -0.15) is 0 Å². The van der Waals surface area contributed by atoms with Crippen molar-refractivity contribution in [1.82, 2.24) is 19.9 Å². The van der Waals surface area contributed by atoms with Crippen molar-refractivity contribution >= 4 is 11.4 Å². The van der Waals surface area contributed by atoms with Crippen molar-refractivity contribution in [3.05, 3.63) is 93.8 Å². The summed E-state index contributed by atoms with van der Waals surface area (Å²) in [6.07, 6.45) is 5.31. The Labute approximate surface area is 240 Å². The molecule has 2 aliphatic rings. The van der Waals surface area contributed by atoms with E-state index in [2.05, 4.69) is 62.4 Å². The molecule has 0 radical (unpaired) electrons. The fourth-order valence-electron chi connectivity index (χ4n) is 5.42. The summed E-state index contributed by atoms with van der Waals surface area (Å²) in [7, 11) is 4.16. The normalized spacial score (nSPS) is 15.2. The average molecular weight is 553 g/mol. The minimum atomic E-state index is -0.129. The van der Waals surface area contributed by atoms with Crippen LogP contribution >= 0.6 is 0 Å². The van der Waals surface area contributed by atoms with Gasteiger partial charge in [0.25, 0.3) is 0 Å². The highest BCUT2D eigenvalue weighted by Gasteiger charge is 2.23. The maximum Gasteiger partial charge on any atom is 0.250 e. The average Bonchev–Trinajstić information content (AvgIpc) is 2.98. The number of aryl methyl sites for hydroxylation is 1. The number of H-pyrrole nitrogens is 1. The number of pyridine rings is 1. The minimum absolute atomic E-state index is 0.0301. The van der Waals surface area contributed by atoms with Gasteiger partial charge in [0.1, 0.15) is 11.5 Å². The van der Waals surface area contributed by atoms with Crippen molar-refractivity contribution in [2.45, 2.75) is 25.8 Å². The first-order valence-corrected chi connectivity index (χ1v) is 14.1. The Bertz CT molecular complexity index is 1580. The van der Waals surface area contributed by atoms with E-state index in [9.17, 15) is 4.79 Å². The van der Waals surface area contributed by atoms with Crippen molar-refractivity contribution in [2.24, 2.45) is 0 Å². The van der Waals surface area contributed by atoms with E-state index < -0.39 is 0 Å². The molecule has 0 aliphatic carbocycles. The van der Waals surface area contributed by atoms with Crippen LogP contribution in [0.3, 0.4) is 0 Å². The highest BCUT2D eigenvalue weighted by atomic mass is 16.5. The number of aromatic amines is 1. The largest absolute Gasteiger partial charge is 0.456 e. The molecule has 1 saturated heterocycles. The highest BCUT2D eigenvalue weighted by Crippen LogP contribution is 2.43. The molecule has 4 aromatic rings. The number of para-hydroxylation sites is 1. The number of nitrogens with zero attached hydrogens (tertiary/aromatic N) is 4. The summed E-state index contributed by atoms with van der Waals surface area (Å²) in [6.45, 7) is 5.73. The number of aromatic nitrogens is 3. The first kappa shape index (κ1) is 27.0. The van der Waals surface area contributed by atoms with Gasteiger partial charge >= 0.3 is 0 Å². The number of hydrogen-bond donors (Lipinski definition) is 2. The predicted molar refractivity (Wildman–Crippen MR) is 161 cm³/mol. The van der Waals surface area contributed by atoms with E-state index in [4.69, 9.17) is 9.47 Å². The van der Waals surface area contributed by atoms with Crippen LogP contribution in [0.5, 0.6) is 11.5 Å². The van der Waals surface area contributed by atoms with Crippen LogP contribution in [0.2, 0.25) is 0 Å². The number of nitrogens with one attached hydrogen (secondary N) is 2. The van der Waals surface area contributed by atoms with Gasteiger partial charge in [0.05, 0.1) is 42.5 Å². The van der Waals surface area contributed by atoms with Crippen LogP contribution in [-0.2, 0) is 11.2 Å². The third-order valence-electron chi connectivity index (χ3n) is 7.61. The lowest BCUT2D eigenvalue weighted by Gasteiger charge is -2.29. The van der Waals surface area contributed by atoms with Crippen molar-refractivity contribution < 1.29 is 9.47 Å². The van der Waals surface area contributed by atoms with Crippen LogP contribution in [0.15, 0.2) is 65.7 Å². The van der Waals surface area contributed by atoms with Gasteiger partial charge in [-0.1, -0.05) is 12.1 Å². The Hall–Kier alpha value is -4.21. The Balaban J connectivity index is 1.26. The molecule has 212 valence electrons. The first-order chi connectivity index (χ1) is 19.9. The molecule has 1 fully saturated rings. The highest BCUT2D eigenvalue weighted by molar-refractivity contribution is 5.74. The smallest absolute Gasteiger partial charge is 0.250 e. The molecule has 2 aromatic heterocycles. The third-order valence-corrected chi connectivity index (χ3v) is 7.61. The number of fused-ring (bicyclic) bond motifs is 2. The molecule has 0 bridgehead atoms. The van der Waals surface area contributed by atoms with Crippen molar-refractivity contribution in [2.75, 3.05) is 57.2 Å². The fraction of sp³-hybridized carbons (Fsp3) is 0.344. The van der Waals surface area contributed by atoms with Crippen LogP contribution in [0.1, 0.15) is 35.0 Å². The van der Waals surface area contributed by atoms with Crippen molar-refractivity contribution in [1.29, 1.82) is 0 Å². The molecule has 6 rings (SSSR count). The second kappa shape index (κ2) is 11.7. The zero-order valence-corrected chi connectivity index (χ0v) is 23.8. The van der Waals surface area contributed by atoms with E-state index in [-0.39, 0.29) is 11.6 Å². The summed E-state index contributed by atoms with van der Waals surface area (Å²) in [5.74, 6) is 1.61. The monoisotopic (exact) mass is 552 g/mol. The molecule has 4 heterocycles. The number of hydrogen-bond acceptors (Lipinski definition) is 8. The Kier molecular flexibility index (Phi) is 7.71. The Morgan fingerprint density at radius 1 is 1.05 bits per heavy atom. The number of ether oxygens (including phenoxy) is 2. The van der Waals surface area contributed by atoms with E-state index in [1.807, 2.05) is 43.6 Å². The van der Waals surface area contributed by atoms with Gasteiger partial charge in [-0.15, -0.1) is 0 Å². The van der Waals surface area contributed by atoms with Crippen LogP contribution in [0.4, 0.5) is 11.4 Å². The van der Waals surface area contributed by atoms with Gasteiger partial charge in [-0.05, 0) is 69.9 Å². The Morgan fingerprint density at radius 3 is 2.68 bits per heavy atom. The van der Waals surface area contributed by atoms with Gasteiger partial charge in [-0.25, -0.2) is 0 Å². The van der Waals surface area contributed by atoms with Crippen LogP contribution < -0.4 is 20.5 Å². The van der Waals surface area contributed by atoms with Gasteiger partial charge in [0.15, 0.2) is 0 Å². The van der Waals surface area contributed by atoms with E-state index in [1.165, 1.54) is 0 Å². The maximum absolute atomic E-state index is 12.6. The molecule has 41 heavy (non-hydrogen) atoms. The molecule has 1 atom stereocenters. The van der Waals surface area contributed by atoms with E-state index in [0.717, 1.165) is 89.1 Å². The quantitative estimate of drug-likeness (QED) is 0.284. The molecule has 2 aromatic carbocycles. The fourth-order valence-corrected chi connectivity index (χ4v) is 5.42. The SMILES string of the molecule is Cc1cnc(C(CCN(C)C)Nc2ccc3c(c2)Cc2cccc(-c4cc(N5CCOCC5)cc(=O)[nH]4)c2O3)cn1. The molecule has 0 spiro atoms. The second-order valence-electron chi connectivity index (χ2n) is 11.0. The lowest BCUT2D eigenvalue weighted by atomic mass is 9.96. The topological polar surface area (TPSA) is 95.6 Å². The number of benzene rings is 2. The molecule has 9 heteroatoms. The summed E-state index contributed by atoms with van der Waals surface area (Å²) in [6, 6.07) is 16.1. The number of rotatable bonds is 8. The summed E-state index contributed by atoms with van der Waals surface area (Å²) in [5, 5.41) is 3.69. The Morgan fingerprint density at radius 2 is 1.90 bits per heavy atom. The van der Waals surface area contributed by atoms with Crippen molar-refractivity contribution in [3.8, 4) is 22.8 Å². The third kappa shape index (κ3) is 6.11. The molecule has 1 unspecified atom stereocenters. The van der Waals surface area contributed by atoms with Gasteiger partial charge in [0.2, 0.25) is 5.56 Å². The summed E-state index contributed by atoms with van der Waals surface area (Å²) in [5.41, 5.74) is 7.44. The van der Waals surface area contributed by atoms with Gasteiger partial charge < -0.3 is 29.6 Å². The summed E-state index contributed by atoms with van der Waals surface area (Å²) in [4.78, 5) is 29.2. The second-order valence-corrected chi connectivity index (χ2v) is 11.0. The standard InChI is InChI=1S/C32H36N6O3/c1-21-19-34-29(20-33-21)27(9-10-37(2)3)35-24-7-8-30-23(16-24)15-22-5-4-6-26(32(22)41-30)28-17-25(18-31(39)36-28)38-11-13-40-14-12-38/h4-8,16-20,27,35H,9-15H2,1-3H3,(H,36,39). The van der Waals surface area contributed by atoms with Crippen LogP contribution in [0.25, 0.3) is 11.3 Å². The molecule has 0 saturated carbocycles. The zero-order chi connectivity index (χ0) is 28.3. The van der Waals surface area contributed by atoms with E-state index >= 15 is 0 Å². The predicted octanol–water partition coefficient (Wildman–Crippen LogP) is 4.78.